The molecular formula is C21H28N9O2+. The van der Waals surface area contributed by atoms with Gasteiger partial charge in [0.1, 0.15) is 12.2 Å². The maximum atomic E-state index is 12.9. The van der Waals surface area contributed by atoms with Gasteiger partial charge >= 0.3 is 0 Å². The zero-order chi connectivity index (χ0) is 22.5. The average molecular weight is 439 g/mol. The summed E-state index contributed by atoms with van der Waals surface area (Å²) in [6.45, 7) is 6.93. The number of carbonyl (C=O) groups excluding carboxylic acids is 1. The molecule has 11 heteroatoms. The first-order valence-electron chi connectivity index (χ1n) is 10.8. The summed E-state index contributed by atoms with van der Waals surface area (Å²) in [6, 6.07) is 7.98. The van der Waals surface area contributed by atoms with Gasteiger partial charge in [-0.2, -0.15) is 9.78 Å². The number of hydrazone groups is 1. The smallest absolute Gasteiger partial charge is 0.294 e. The number of rotatable bonds is 7. The Morgan fingerprint density at radius 2 is 2.06 bits per heavy atom. The Morgan fingerprint density at radius 3 is 2.72 bits per heavy atom. The van der Waals surface area contributed by atoms with Crippen LogP contribution in [0.25, 0.3) is 5.82 Å². The number of nitrogens with two attached hydrogens (primary N) is 1. The van der Waals surface area contributed by atoms with Crippen LogP contribution in [0.5, 0.6) is 0 Å². The van der Waals surface area contributed by atoms with E-state index in [1.54, 1.807) is 6.21 Å². The fraction of sp³-hybridized carbons (Fsp3) is 0.429. The van der Waals surface area contributed by atoms with E-state index in [2.05, 4.69) is 45.0 Å². The molecule has 1 aliphatic heterocycles. The number of aromatic nitrogens is 5. The zero-order valence-electron chi connectivity index (χ0n) is 18.3. The molecule has 0 bridgehead atoms. The largest absolute Gasteiger partial charge is 0.378 e. The van der Waals surface area contributed by atoms with Crippen molar-refractivity contribution in [3.63, 3.8) is 0 Å². The van der Waals surface area contributed by atoms with E-state index < -0.39 is 5.91 Å². The SMILES string of the molecule is CCc1ccc(C=NNC(=O)c2nnn(-c3nonc3N)c2C[NH+]2CCC(C)CC2)cc1. The number of amides is 1. The highest BCUT2D eigenvalue weighted by Gasteiger charge is 2.28. The number of aryl methyl sites for hydroxylation is 1. The van der Waals surface area contributed by atoms with Crippen molar-refractivity contribution in [1.82, 2.24) is 30.7 Å². The minimum atomic E-state index is -0.451. The monoisotopic (exact) mass is 438 g/mol. The van der Waals surface area contributed by atoms with Gasteiger partial charge in [-0.05, 0) is 46.6 Å². The van der Waals surface area contributed by atoms with Gasteiger partial charge in [-0.15, -0.1) is 5.10 Å². The minimum absolute atomic E-state index is 0.0823. The van der Waals surface area contributed by atoms with Crippen LogP contribution >= 0.6 is 0 Å². The normalized spacial score (nSPS) is 18.8. The number of hydrogen-bond acceptors (Lipinski definition) is 8. The van der Waals surface area contributed by atoms with Crippen molar-refractivity contribution in [3.8, 4) is 5.82 Å². The van der Waals surface area contributed by atoms with Crippen molar-refractivity contribution < 1.29 is 14.3 Å². The van der Waals surface area contributed by atoms with Crippen molar-refractivity contribution in [1.29, 1.82) is 0 Å². The molecule has 4 rings (SSSR count). The number of carbonyl (C=O) groups is 1. The lowest BCUT2D eigenvalue weighted by molar-refractivity contribution is -0.920. The van der Waals surface area contributed by atoms with Gasteiger partial charge in [0.05, 0.1) is 19.3 Å². The van der Waals surface area contributed by atoms with Gasteiger partial charge < -0.3 is 10.6 Å². The first kappa shape index (κ1) is 21.6. The lowest BCUT2D eigenvalue weighted by atomic mass is 9.99. The summed E-state index contributed by atoms with van der Waals surface area (Å²) in [5, 5.41) is 19.7. The van der Waals surface area contributed by atoms with Crippen molar-refractivity contribution in [3.05, 3.63) is 46.8 Å². The molecule has 0 saturated carbocycles. The molecule has 1 saturated heterocycles. The number of likely N-dealkylation sites (tertiary alicyclic amines) is 1. The van der Waals surface area contributed by atoms with E-state index >= 15 is 0 Å². The quantitative estimate of drug-likeness (QED) is 0.357. The average Bonchev–Trinajstić information content (AvgIpc) is 3.41. The second-order valence-electron chi connectivity index (χ2n) is 8.17. The molecule has 1 aliphatic rings. The van der Waals surface area contributed by atoms with E-state index in [-0.39, 0.29) is 17.3 Å². The molecule has 3 heterocycles. The first-order chi connectivity index (χ1) is 15.5. The number of benzene rings is 1. The Labute approximate surface area is 185 Å². The van der Waals surface area contributed by atoms with E-state index in [9.17, 15) is 4.79 Å². The molecule has 4 N–H and O–H groups in total. The third kappa shape index (κ3) is 4.83. The number of anilines is 1. The van der Waals surface area contributed by atoms with Crippen molar-refractivity contribution in [2.75, 3.05) is 18.8 Å². The highest BCUT2D eigenvalue weighted by molar-refractivity contribution is 5.94. The number of nitrogens with zero attached hydrogens (tertiary/aromatic N) is 6. The predicted octanol–water partition coefficient (Wildman–Crippen LogP) is 0.374. The molecule has 1 amide bonds. The molecule has 0 spiro atoms. The molecular weight excluding hydrogens is 410 g/mol. The summed E-state index contributed by atoms with van der Waals surface area (Å²) < 4.78 is 6.14. The molecule has 168 valence electrons. The molecule has 1 aromatic carbocycles. The van der Waals surface area contributed by atoms with E-state index in [0.717, 1.165) is 37.9 Å². The predicted molar refractivity (Wildman–Crippen MR) is 117 cm³/mol. The van der Waals surface area contributed by atoms with Crippen LogP contribution in [0, 0.1) is 5.92 Å². The fourth-order valence-electron chi connectivity index (χ4n) is 3.79. The van der Waals surface area contributed by atoms with Crippen LogP contribution in [0.15, 0.2) is 34.0 Å². The van der Waals surface area contributed by atoms with Gasteiger partial charge in [0.2, 0.25) is 11.6 Å². The number of piperidine rings is 1. The van der Waals surface area contributed by atoms with Gasteiger partial charge in [0.25, 0.3) is 5.91 Å². The minimum Gasteiger partial charge on any atom is -0.378 e. The van der Waals surface area contributed by atoms with Gasteiger partial charge in [-0.1, -0.05) is 43.3 Å². The summed E-state index contributed by atoms with van der Waals surface area (Å²) in [5.74, 6) is 0.558. The zero-order valence-corrected chi connectivity index (χ0v) is 18.3. The second kappa shape index (κ2) is 9.69. The van der Waals surface area contributed by atoms with Gasteiger partial charge in [0, 0.05) is 0 Å². The molecule has 32 heavy (non-hydrogen) atoms. The van der Waals surface area contributed by atoms with E-state index in [4.69, 9.17) is 10.4 Å². The summed E-state index contributed by atoms with van der Waals surface area (Å²) in [5.41, 5.74) is 11.3. The summed E-state index contributed by atoms with van der Waals surface area (Å²) in [7, 11) is 0. The lowest BCUT2D eigenvalue weighted by Gasteiger charge is -2.27. The van der Waals surface area contributed by atoms with Crippen LogP contribution in [0.4, 0.5) is 5.82 Å². The Bertz CT molecular complexity index is 1080. The van der Waals surface area contributed by atoms with Crippen molar-refractivity contribution in [2.45, 2.75) is 39.7 Å². The van der Waals surface area contributed by atoms with Crippen molar-refractivity contribution in [2.24, 2.45) is 11.0 Å². The summed E-state index contributed by atoms with van der Waals surface area (Å²) in [4.78, 5) is 14.2. The summed E-state index contributed by atoms with van der Waals surface area (Å²) >= 11 is 0. The third-order valence-corrected chi connectivity index (χ3v) is 5.84. The van der Waals surface area contributed by atoms with Gasteiger partial charge in [-0.3, -0.25) is 4.79 Å². The van der Waals surface area contributed by atoms with Crippen LogP contribution in [0.3, 0.4) is 0 Å². The topological polar surface area (TPSA) is 142 Å². The van der Waals surface area contributed by atoms with Crippen LogP contribution in [-0.4, -0.2) is 50.5 Å². The Kier molecular flexibility index (Phi) is 6.55. The summed E-state index contributed by atoms with van der Waals surface area (Å²) in [6.07, 6.45) is 4.83. The molecule has 0 unspecified atom stereocenters. The number of nitrogens with one attached hydrogen (secondary N) is 2. The molecule has 1 fully saturated rings. The molecule has 2 aromatic heterocycles. The van der Waals surface area contributed by atoms with Crippen LogP contribution in [-0.2, 0) is 13.0 Å². The van der Waals surface area contributed by atoms with Crippen LogP contribution in [0.2, 0.25) is 0 Å². The number of nitrogen functional groups attached to an aromatic ring is 1. The second-order valence-corrected chi connectivity index (χ2v) is 8.17. The molecule has 0 atom stereocenters. The van der Waals surface area contributed by atoms with Gasteiger partial charge in [0.15, 0.2) is 5.69 Å². The van der Waals surface area contributed by atoms with Crippen molar-refractivity contribution >= 4 is 17.9 Å². The highest BCUT2D eigenvalue weighted by Crippen LogP contribution is 2.16. The Morgan fingerprint density at radius 1 is 1.31 bits per heavy atom. The molecule has 3 aromatic rings. The number of hydrogen-bond donors (Lipinski definition) is 3. The first-order valence-corrected chi connectivity index (χ1v) is 10.8. The van der Waals surface area contributed by atoms with Crippen LogP contribution in [0.1, 0.15) is 54.0 Å². The lowest BCUT2D eigenvalue weighted by Crippen LogP contribution is -3.11. The van der Waals surface area contributed by atoms with Crippen LogP contribution < -0.4 is 16.1 Å². The molecule has 0 radical (unpaired) electrons. The Balaban J connectivity index is 1.53. The van der Waals surface area contributed by atoms with E-state index in [1.165, 1.54) is 15.1 Å². The third-order valence-electron chi connectivity index (χ3n) is 5.84. The molecule has 0 aliphatic carbocycles. The maximum Gasteiger partial charge on any atom is 0.294 e. The maximum absolute atomic E-state index is 12.9. The number of quaternary nitrogens is 1. The Hall–Kier alpha value is -3.60. The van der Waals surface area contributed by atoms with Gasteiger partial charge in [-0.25, -0.2) is 10.1 Å². The fourth-order valence-corrected chi connectivity index (χ4v) is 3.79. The highest BCUT2D eigenvalue weighted by atomic mass is 16.6. The van der Waals surface area contributed by atoms with E-state index in [0.29, 0.717) is 18.2 Å². The standard InChI is InChI=1S/C21H27N9O2/c1-3-15-4-6-16(7-5-15)12-23-25-21(31)18-17(13-29-10-8-14(2)9-11-29)30(28-24-18)20-19(22)26-32-27-20/h4-7,12,14H,3,8-11,13H2,1-2H3,(H2,22,26)(H,25,31)/p+1. The molecule has 11 nitrogen and oxygen atoms in total. The van der Waals surface area contributed by atoms with E-state index in [1.807, 2.05) is 24.3 Å².